The quantitative estimate of drug-likeness (QED) is 0.627. The molecule has 1 fully saturated rings. The number of rotatable bonds is 1. The largest absolute Gasteiger partial charge is 0.469 e. The van der Waals surface area contributed by atoms with Crippen LogP contribution in [-0.4, -0.2) is 19.1 Å². The lowest BCUT2D eigenvalue weighted by molar-refractivity contribution is -0.157. The van der Waals surface area contributed by atoms with Gasteiger partial charge in [0.15, 0.2) is 0 Å². The van der Waals surface area contributed by atoms with Crippen molar-refractivity contribution in [1.82, 2.24) is 0 Å². The van der Waals surface area contributed by atoms with E-state index in [4.69, 9.17) is 10.5 Å². The van der Waals surface area contributed by atoms with Crippen molar-refractivity contribution in [2.45, 2.75) is 39.7 Å². The lowest BCUT2D eigenvalue weighted by Gasteiger charge is -2.37. The third-order valence-electron chi connectivity index (χ3n) is 3.94. The zero-order chi connectivity index (χ0) is 10.3. The molecule has 1 aliphatic carbocycles. The Labute approximate surface area is 79.6 Å². The first-order valence-corrected chi connectivity index (χ1v) is 4.70. The second kappa shape index (κ2) is 2.98. The van der Waals surface area contributed by atoms with Crippen molar-refractivity contribution < 1.29 is 9.53 Å². The van der Waals surface area contributed by atoms with Gasteiger partial charge in [-0.1, -0.05) is 13.8 Å². The molecule has 1 aliphatic rings. The van der Waals surface area contributed by atoms with Crippen LogP contribution in [0.15, 0.2) is 0 Å². The summed E-state index contributed by atoms with van der Waals surface area (Å²) in [6.45, 7) is 6.04. The predicted molar refractivity (Wildman–Crippen MR) is 51.1 cm³/mol. The fraction of sp³-hybridized carbons (Fsp3) is 0.900. The maximum Gasteiger partial charge on any atom is 0.312 e. The van der Waals surface area contributed by atoms with Crippen LogP contribution >= 0.6 is 0 Å². The van der Waals surface area contributed by atoms with Crippen molar-refractivity contribution >= 4 is 5.97 Å². The van der Waals surface area contributed by atoms with Gasteiger partial charge in [-0.05, 0) is 25.2 Å². The Balaban J connectivity index is 2.98. The van der Waals surface area contributed by atoms with E-state index in [2.05, 4.69) is 0 Å². The SMILES string of the molecule is COC(=O)[C@]1(C)CC[C@H](N)C1(C)C. The van der Waals surface area contributed by atoms with E-state index in [0.29, 0.717) is 0 Å². The fourth-order valence-electron chi connectivity index (χ4n) is 2.13. The molecule has 2 atom stereocenters. The maximum atomic E-state index is 11.6. The minimum Gasteiger partial charge on any atom is -0.469 e. The number of carbonyl (C=O) groups excluding carboxylic acids is 1. The molecule has 0 heterocycles. The van der Waals surface area contributed by atoms with Gasteiger partial charge in [0.1, 0.15) is 0 Å². The molecule has 3 heteroatoms. The van der Waals surface area contributed by atoms with Crippen LogP contribution in [0, 0.1) is 10.8 Å². The number of carbonyl (C=O) groups is 1. The first kappa shape index (κ1) is 10.5. The van der Waals surface area contributed by atoms with Crippen LogP contribution in [-0.2, 0) is 9.53 Å². The number of hydrogen-bond acceptors (Lipinski definition) is 3. The molecule has 1 rings (SSSR count). The summed E-state index contributed by atoms with van der Waals surface area (Å²) in [4.78, 5) is 11.6. The summed E-state index contributed by atoms with van der Waals surface area (Å²) in [5.41, 5.74) is 5.39. The highest BCUT2D eigenvalue weighted by Crippen LogP contribution is 2.52. The molecular weight excluding hydrogens is 166 g/mol. The van der Waals surface area contributed by atoms with Crippen LogP contribution in [0.2, 0.25) is 0 Å². The Kier molecular flexibility index (Phi) is 2.41. The minimum atomic E-state index is -0.416. The Morgan fingerprint density at radius 2 is 2.00 bits per heavy atom. The van der Waals surface area contributed by atoms with Gasteiger partial charge in [0.05, 0.1) is 12.5 Å². The Bertz CT molecular complexity index is 225. The summed E-state index contributed by atoms with van der Waals surface area (Å²) in [6, 6.07) is 0.0941. The number of ether oxygens (including phenoxy) is 1. The van der Waals surface area contributed by atoms with E-state index in [0.717, 1.165) is 12.8 Å². The van der Waals surface area contributed by atoms with Crippen LogP contribution in [0.1, 0.15) is 33.6 Å². The van der Waals surface area contributed by atoms with Gasteiger partial charge in [-0.2, -0.15) is 0 Å². The van der Waals surface area contributed by atoms with Crippen molar-refractivity contribution in [2.24, 2.45) is 16.6 Å². The van der Waals surface area contributed by atoms with E-state index >= 15 is 0 Å². The molecule has 1 saturated carbocycles. The normalized spacial score (nSPS) is 37.5. The fourth-order valence-corrected chi connectivity index (χ4v) is 2.13. The molecule has 0 radical (unpaired) electrons. The molecule has 76 valence electrons. The van der Waals surface area contributed by atoms with Gasteiger partial charge < -0.3 is 10.5 Å². The monoisotopic (exact) mass is 185 g/mol. The summed E-state index contributed by atoms with van der Waals surface area (Å²) in [7, 11) is 1.44. The highest BCUT2D eigenvalue weighted by molar-refractivity contribution is 5.78. The van der Waals surface area contributed by atoms with Crippen molar-refractivity contribution in [3.63, 3.8) is 0 Å². The maximum absolute atomic E-state index is 11.6. The summed E-state index contributed by atoms with van der Waals surface area (Å²) in [6.07, 6.45) is 1.73. The van der Waals surface area contributed by atoms with E-state index in [1.165, 1.54) is 7.11 Å². The van der Waals surface area contributed by atoms with Crippen molar-refractivity contribution in [1.29, 1.82) is 0 Å². The van der Waals surface area contributed by atoms with E-state index in [9.17, 15) is 4.79 Å². The topological polar surface area (TPSA) is 52.3 Å². The molecule has 0 aliphatic heterocycles. The van der Waals surface area contributed by atoms with E-state index in [-0.39, 0.29) is 17.4 Å². The van der Waals surface area contributed by atoms with Crippen molar-refractivity contribution in [3.05, 3.63) is 0 Å². The van der Waals surface area contributed by atoms with Gasteiger partial charge >= 0.3 is 5.97 Å². The number of esters is 1. The van der Waals surface area contributed by atoms with Gasteiger partial charge in [-0.25, -0.2) is 0 Å². The van der Waals surface area contributed by atoms with Crippen LogP contribution in [0.25, 0.3) is 0 Å². The molecule has 3 nitrogen and oxygen atoms in total. The van der Waals surface area contributed by atoms with E-state index < -0.39 is 5.41 Å². The second-order valence-electron chi connectivity index (χ2n) is 4.69. The summed E-state index contributed by atoms with van der Waals surface area (Å²) < 4.78 is 4.83. The van der Waals surface area contributed by atoms with E-state index in [1.807, 2.05) is 20.8 Å². The molecule has 0 aromatic carbocycles. The molecule has 13 heavy (non-hydrogen) atoms. The lowest BCUT2D eigenvalue weighted by Crippen LogP contribution is -2.46. The summed E-state index contributed by atoms with van der Waals surface area (Å²) >= 11 is 0. The smallest absolute Gasteiger partial charge is 0.312 e. The number of hydrogen-bond donors (Lipinski definition) is 1. The molecule has 0 spiro atoms. The van der Waals surface area contributed by atoms with Crippen LogP contribution in [0.5, 0.6) is 0 Å². The van der Waals surface area contributed by atoms with Crippen molar-refractivity contribution in [2.75, 3.05) is 7.11 Å². The summed E-state index contributed by atoms with van der Waals surface area (Å²) in [5, 5.41) is 0. The average molecular weight is 185 g/mol. The van der Waals surface area contributed by atoms with Gasteiger partial charge in [0.2, 0.25) is 0 Å². The average Bonchev–Trinajstić information content (AvgIpc) is 2.29. The minimum absolute atomic E-state index is 0.0941. The Hall–Kier alpha value is -0.570. The third-order valence-corrected chi connectivity index (χ3v) is 3.94. The van der Waals surface area contributed by atoms with E-state index in [1.54, 1.807) is 0 Å². The summed E-state index contributed by atoms with van der Waals surface area (Å²) in [5.74, 6) is -0.134. The van der Waals surface area contributed by atoms with Gasteiger partial charge in [0, 0.05) is 6.04 Å². The zero-order valence-electron chi connectivity index (χ0n) is 8.89. The standard InChI is InChI=1S/C10H19NO2/c1-9(2)7(11)5-6-10(9,3)8(12)13-4/h7H,5-6,11H2,1-4H3/t7-,10-/m0/s1. The van der Waals surface area contributed by atoms with Crippen molar-refractivity contribution in [3.8, 4) is 0 Å². The molecule has 0 saturated heterocycles. The third kappa shape index (κ3) is 1.26. The van der Waals surface area contributed by atoms with Gasteiger partial charge in [-0.3, -0.25) is 4.79 Å². The molecular formula is C10H19NO2. The van der Waals surface area contributed by atoms with Gasteiger partial charge in [0.25, 0.3) is 0 Å². The first-order chi connectivity index (χ1) is 5.86. The molecule has 0 aromatic rings. The highest BCUT2D eigenvalue weighted by atomic mass is 16.5. The van der Waals surface area contributed by atoms with Crippen LogP contribution < -0.4 is 5.73 Å². The van der Waals surface area contributed by atoms with Crippen LogP contribution in [0.3, 0.4) is 0 Å². The highest BCUT2D eigenvalue weighted by Gasteiger charge is 2.55. The predicted octanol–water partition coefficient (Wildman–Crippen LogP) is 1.31. The molecule has 0 amide bonds. The first-order valence-electron chi connectivity index (χ1n) is 4.70. The number of nitrogens with two attached hydrogens (primary N) is 1. The zero-order valence-corrected chi connectivity index (χ0v) is 8.89. The molecule has 0 bridgehead atoms. The molecule has 0 unspecified atom stereocenters. The molecule has 2 N–H and O–H groups in total. The lowest BCUT2D eigenvalue weighted by atomic mass is 9.68. The van der Waals surface area contributed by atoms with Gasteiger partial charge in [-0.15, -0.1) is 0 Å². The van der Waals surface area contributed by atoms with Crippen LogP contribution in [0.4, 0.5) is 0 Å². The number of methoxy groups -OCH3 is 1. The molecule has 0 aromatic heterocycles. The second-order valence-corrected chi connectivity index (χ2v) is 4.69. The Morgan fingerprint density at radius 1 is 1.46 bits per heavy atom. The Morgan fingerprint density at radius 3 is 2.31 bits per heavy atom.